The predicted octanol–water partition coefficient (Wildman–Crippen LogP) is 2.19. The Bertz CT molecular complexity index is 639. The maximum atomic E-state index is 11.4. The van der Waals surface area contributed by atoms with Crippen molar-refractivity contribution in [2.24, 2.45) is 0 Å². The molecule has 2 rings (SSSR count). The zero-order valence-corrected chi connectivity index (χ0v) is 15.8. The van der Waals surface area contributed by atoms with Gasteiger partial charge in [0.2, 0.25) is 0 Å². The van der Waals surface area contributed by atoms with E-state index in [4.69, 9.17) is 18.8 Å². The number of hydrogen-bond acceptors (Lipinski definition) is 6. The zero-order chi connectivity index (χ0) is 18.8. The van der Waals surface area contributed by atoms with Crippen molar-refractivity contribution in [3.63, 3.8) is 0 Å². The van der Waals surface area contributed by atoms with Gasteiger partial charge in [0, 0.05) is 6.08 Å². The van der Waals surface area contributed by atoms with Gasteiger partial charge in [-0.05, 0) is 51.4 Å². The Hall–Kier alpha value is -1.99. The number of benzene rings is 1. The highest BCUT2D eigenvalue weighted by molar-refractivity contribution is 6.62. The molecule has 0 aromatic heterocycles. The first-order valence-electron chi connectivity index (χ1n) is 8.02. The second kappa shape index (κ2) is 7.10. The third-order valence-electron chi connectivity index (χ3n) is 4.68. The molecule has 1 aromatic carbocycles. The number of esters is 1. The van der Waals surface area contributed by atoms with E-state index in [1.54, 1.807) is 20.3 Å². The van der Waals surface area contributed by atoms with Gasteiger partial charge in [-0.3, -0.25) is 0 Å². The summed E-state index contributed by atoms with van der Waals surface area (Å²) in [4.78, 5) is 11.4. The fourth-order valence-corrected chi connectivity index (χ4v) is 2.46. The summed E-state index contributed by atoms with van der Waals surface area (Å²) in [6, 6.07) is 3.64. The van der Waals surface area contributed by atoms with E-state index in [1.165, 1.54) is 13.2 Å². The molecule has 0 unspecified atom stereocenters. The monoisotopic (exact) mass is 348 g/mol. The maximum absolute atomic E-state index is 11.4. The first-order valence-corrected chi connectivity index (χ1v) is 8.02. The number of rotatable bonds is 5. The van der Waals surface area contributed by atoms with E-state index >= 15 is 0 Å². The standard InChI is InChI=1S/C18H25BO6/c1-17(2)18(3,4)25-19(24-17)12-10-14(21-5)13(15(11-12)22-6)8-9-16(20)23-7/h8-11H,1-7H3/b9-8+. The van der Waals surface area contributed by atoms with Crippen LogP contribution in [0.2, 0.25) is 0 Å². The molecular formula is C18H25BO6. The summed E-state index contributed by atoms with van der Waals surface area (Å²) in [6.45, 7) is 7.98. The van der Waals surface area contributed by atoms with Gasteiger partial charge < -0.3 is 23.5 Å². The van der Waals surface area contributed by atoms with E-state index in [0.717, 1.165) is 5.46 Å². The molecule has 1 saturated heterocycles. The molecule has 0 aliphatic carbocycles. The number of hydrogen-bond donors (Lipinski definition) is 0. The van der Waals surface area contributed by atoms with Gasteiger partial charge in [0.15, 0.2) is 0 Å². The summed E-state index contributed by atoms with van der Waals surface area (Å²) in [7, 11) is 3.89. The average molecular weight is 348 g/mol. The van der Waals surface area contributed by atoms with Crippen LogP contribution in [-0.2, 0) is 18.8 Å². The minimum atomic E-state index is -0.536. The number of methoxy groups -OCH3 is 3. The van der Waals surface area contributed by atoms with Gasteiger partial charge in [-0.1, -0.05) is 0 Å². The van der Waals surface area contributed by atoms with Crippen LogP contribution in [0.15, 0.2) is 18.2 Å². The van der Waals surface area contributed by atoms with Crippen LogP contribution in [0.4, 0.5) is 0 Å². The van der Waals surface area contributed by atoms with Crippen molar-refractivity contribution < 1.29 is 28.3 Å². The molecule has 7 heteroatoms. The molecule has 1 aliphatic heterocycles. The molecule has 0 radical (unpaired) electrons. The number of carbonyl (C=O) groups is 1. The summed E-state index contributed by atoms with van der Waals surface area (Å²) >= 11 is 0. The molecule has 1 aliphatic rings. The Morgan fingerprint density at radius 2 is 1.48 bits per heavy atom. The Morgan fingerprint density at radius 1 is 1.00 bits per heavy atom. The predicted molar refractivity (Wildman–Crippen MR) is 96.3 cm³/mol. The molecule has 0 N–H and O–H groups in total. The van der Waals surface area contributed by atoms with E-state index in [1.807, 2.05) is 39.8 Å². The Morgan fingerprint density at radius 3 is 1.88 bits per heavy atom. The van der Waals surface area contributed by atoms with E-state index in [0.29, 0.717) is 17.1 Å². The fraction of sp³-hybridized carbons (Fsp3) is 0.500. The SMILES string of the molecule is COC(=O)/C=C/c1c(OC)cc(B2OC(C)(C)C(C)(C)O2)cc1OC. The van der Waals surface area contributed by atoms with Crippen molar-refractivity contribution in [1.82, 2.24) is 0 Å². The summed E-state index contributed by atoms with van der Waals surface area (Å²) in [6.07, 6.45) is 2.91. The molecular weight excluding hydrogens is 323 g/mol. The van der Waals surface area contributed by atoms with Crippen LogP contribution < -0.4 is 14.9 Å². The zero-order valence-electron chi connectivity index (χ0n) is 15.8. The van der Waals surface area contributed by atoms with Gasteiger partial charge in [-0.2, -0.15) is 0 Å². The van der Waals surface area contributed by atoms with Crippen molar-refractivity contribution >= 4 is 24.6 Å². The minimum absolute atomic E-state index is 0.443. The largest absolute Gasteiger partial charge is 0.496 e. The Labute approximate surface area is 149 Å². The van der Waals surface area contributed by atoms with Gasteiger partial charge in [0.05, 0.1) is 38.1 Å². The average Bonchev–Trinajstić information content (AvgIpc) is 2.79. The summed E-state index contributed by atoms with van der Waals surface area (Å²) in [5.74, 6) is 0.632. The van der Waals surface area contributed by atoms with Crippen molar-refractivity contribution in [2.45, 2.75) is 38.9 Å². The molecule has 1 aromatic rings. The van der Waals surface area contributed by atoms with E-state index in [2.05, 4.69) is 4.74 Å². The summed E-state index contributed by atoms with van der Waals surface area (Å²) in [5, 5.41) is 0. The Kier molecular flexibility index (Phi) is 5.49. The van der Waals surface area contributed by atoms with Gasteiger partial charge in [0.1, 0.15) is 11.5 Å². The van der Waals surface area contributed by atoms with Gasteiger partial charge in [0.25, 0.3) is 0 Å². The maximum Gasteiger partial charge on any atom is 0.495 e. The van der Waals surface area contributed by atoms with Crippen LogP contribution in [0.5, 0.6) is 11.5 Å². The fourth-order valence-electron chi connectivity index (χ4n) is 2.46. The molecule has 6 nitrogen and oxygen atoms in total. The molecule has 0 amide bonds. The summed E-state index contributed by atoms with van der Waals surface area (Å²) < 4.78 is 27.7. The third-order valence-corrected chi connectivity index (χ3v) is 4.68. The van der Waals surface area contributed by atoms with Gasteiger partial charge >= 0.3 is 13.1 Å². The third kappa shape index (κ3) is 3.83. The smallest absolute Gasteiger partial charge is 0.495 e. The molecule has 0 atom stereocenters. The van der Waals surface area contributed by atoms with Crippen molar-refractivity contribution in [2.75, 3.05) is 21.3 Å². The van der Waals surface area contributed by atoms with Crippen molar-refractivity contribution in [3.05, 3.63) is 23.8 Å². The quantitative estimate of drug-likeness (QED) is 0.462. The molecule has 1 fully saturated rings. The molecule has 1 heterocycles. The van der Waals surface area contributed by atoms with Gasteiger partial charge in [-0.15, -0.1) is 0 Å². The molecule has 0 saturated carbocycles. The second-order valence-corrected chi connectivity index (χ2v) is 6.78. The molecule has 0 spiro atoms. The molecule has 0 bridgehead atoms. The van der Waals surface area contributed by atoms with Crippen molar-refractivity contribution in [1.29, 1.82) is 0 Å². The van der Waals surface area contributed by atoms with Crippen LogP contribution in [-0.4, -0.2) is 45.6 Å². The van der Waals surface area contributed by atoms with E-state index < -0.39 is 24.3 Å². The normalized spacial score (nSPS) is 18.4. The topological polar surface area (TPSA) is 63.2 Å². The first-order chi connectivity index (χ1) is 11.6. The lowest BCUT2D eigenvalue weighted by Crippen LogP contribution is -2.41. The molecule has 136 valence electrons. The van der Waals surface area contributed by atoms with E-state index in [9.17, 15) is 4.79 Å². The lowest BCUT2D eigenvalue weighted by atomic mass is 9.78. The van der Waals surface area contributed by atoms with Crippen LogP contribution in [0, 0.1) is 0 Å². The van der Waals surface area contributed by atoms with Crippen LogP contribution in [0.1, 0.15) is 33.3 Å². The first kappa shape index (κ1) is 19.3. The van der Waals surface area contributed by atoms with Crippen LogP contribution in [0.3, 0.4) is 0 Å². The highest BCUT2D eigenvalue weighted by Gasteiger charge is 2.52. The van der Waals surface area contributed by atoms with Crippen LogP contribution >= 0.6 is 0 Å². The van der Waals surface area contributed by atoms with Crippen LogP contribution in [0.25, 0.3) is 6.08 Å². The molecule has 25 heavy (non-hydrogen) atoms. The lowest BCUT2D eigenvalue weighted by molar-refractivity contribution is -0.134. The van der Waals surface area contributed by atoms with Crippen molar-refractivity contribution in [3.8, 4) is 11.5 Å². The minimum Gasteiger partial charge on any atom is -0.496 e. The second-order valence-electron chi connectivity index (χ2n) is 6.78. The Balaban J connectivity index is 2.43. The highest BCUT2D eigenvalue weighted by Crippen LogP contribution is 2.37. The number of ether oxygens (including phenoxy) is 3. The number of carbonyl (C=O) groups excluding carboxylic acids is 1. The van der Waals surface area contributed by atoms with E-state index in [-0.39, 0.29) is 0 Å². The van der Waals surface area contributed by atoms with Gasteiger partial charge in [-0.25, -0.2) is 4.79 Å². The summed E-state index contributed by atoms with van der Waals surface area (Å²) in [5.41, 5.74) is 0.529. The highest BCUT2D eigenvalue weighted by atomic mass is 16.7. The lowest BCUT2D eigenvalue weighted by Gasteiger charge is -2.32.